The van der Waals surface area contributed by atoms with Crippen molar-refractivity contribution in [2.75, 3.05) is 11.9 Å². The van der Waals surface area contributed by atoms with Gasteiger partial charge in [0.05, 0.1) is 11.4 Å². The van der Waals surface area contributed by atoms with Crippen LogP contribution in [0.25, 0.3) is 0 Å². The maximum atomic E-state index is 11.6. The number of anilines is 2. The Morgan fingerprint density at radius 3 is 2.70 bits per heavy atom. The monoisotopic (exact) mass is 274 g/mol. The van der Waals surface area contributed by atoms with E-state index in [1.54, 1.807) is 16.8 Å². The molecule has 2 N–H and O–H groups in total. The number of nitrogens with one attached hydrogen (secondary N) is 2. The minimum absolute atomic E-state index is 0.220. The smallest absolute Gasteiger partial charge is 0.271 e. The normalized spacial score (nSPS) is 10.3. The van der Waals surface area contributed by atoms with Crippen LogP contribution in [0.15, 0.2) is 18.3 Å². The molecule has 7 nitrogen and oxygen atoms in total. The SMILES string of the molecule is CCNC(=O)c1ccc(Nc2cn(C)nc2CC)nn1. The zero-order valence-corrected chi connectivity index (χ0v) is 11.8. The molecule has 0 aromatic carbocycles. The first-order valence-electron chi connectivity index (χ1n) is 6.55. The van der Waals surface area contributed by atoms with E-state index >= 15 is 0 Å². The van der Waals surface area contributed by atoms with Crippen LogP contribution in [0, 0.1) is 0 Å². The van der Waals surface area contributed by atoms with Crippen LogP contribution in [0.2, 0.25) is 0 Å². The predicted octanol–water partition coefficient (Wildman–Crippen LogP) is 1.27. The average molecular weight is 274 g/mol. The molecule has 0 unspecified atom stereocenters. The minimum atomic E-state index is -0.220. The number of aryl methyl sites for hydroxylation is 2. The lowest BCUT2D eigenvalue weighted by molar-refractivity contribution is 0.0950. The van der Waals surface area contributed by atoms with Gasteiger partial charge in [0.15, 0.2) is 11.5 Å². The van der Waals surface area contributed by atoms with Gasteiger partial charge in [-0.1, -0.05) is 6.92 Å². The minimum Gasteiger partial charge on any atom is -0.351 e. The van der Waals surface area contributed by atoms with Gasteiger partial charge >= 0.3 is 0 Å². The molecule has 7 heteroatoms. The van der Waals surface area contributed by atoms with Crippen molar-refractivity contribution in [2.24, 2.45) is 7.05 Å². The van der Waals surface area contributed by atoms with Gasteiger partial charge in [-0.2, -0.15) is 5.10 Å². The maximum absolute atomic E-state index is 11.6. The number of amides is 1. The van der Waals surface area contributed by atoms with Crippen molar-refractivity contribution >= 4 is 17.4 Å². The molecular formula is C13H18N6O. The van der Waals surface area contributed by atoms with Crippen LogP contribution >= 0.6 is 0 Å². The summed E-state index contributed by atoms with van der Waals surface area (Å²) < 4.78 is 1.75. The Hall–Kier alpha value is -2.44. The van der Waals surface area contributed by atoms with E-state index in [0.717, 1.165) is 17.8 Å². The first kappa shape index (κ1) is 14.0. The third-order valence-electron chi connectivity index (χ3n) is 2.74. The summed E-state index contributed by atoms with van der Waals surface area (Å²) in [5.41, 5.74) is 2.16. The van der Waals surface area contributed by atoms with Gasteiger partial charge in [0.2, 0.25) is 0 Å². The molecule has 2 aromatic heterocycles. The Labute approximate surface area is 117 Å². The third-order valence-corrected chi connectivity index (χ3v) is 2.74. The quantitative estimate of drug-likeness (QED) is 0.857. The lowest BCUT2D eigenvalue weighted by Crippen LogP contribution is -2.24. The first-order chi connectivity index (χ1) is 9.63. The molecule has 106 valence electrons. The topological polar surface area (TPSA) is 84.7 Å². The number of carbonyl (C=O) groups excluding carboxylic acids is 1. The van der Waals surface area contributed by atoms with Crippen LogP contribution < -0.4 is 10.6 Å². The molecule has 0 bridgehead atoms. The zero-order chi connectivity index (χ0) is 14.5. The zero-order valence-electron chi connectivity index (χ0n) is 11.8. The number of nitrogens with zero attached hydrogens (tertiary/aromatic N) is 4. The van der Waals surface area contributed by atoms with Crippen LogP contribution in [0.3, 0.4) is 0 Å². The molecule has 1 amide bonds. The molecular weight excluding hydrogens is 256 g/mol. The van der Waals surface area contributed by atoms with Gasteiger partial charge in [-0.05, 0) is 25.5 Å². The molecule has 0 saturated carbocycles. The van der Waals surface area contributed by atoms with E-state index in [1.165, 1.54) is 0 Å². The Morgan fingerprint density at radius 2 is 2.10 bits per heavy atom. The van der Waals surface area contributed by atoms with Crippen molar-refractivity contribution in [3.8, 4) is 0 Å². The Morgan fingerprint density at radius 1 is 1.30 bits per heavy atom. The summed E-state index contributed by atoms with van der Waals surface area (Å²) in [6.45, 7) is 4.46. The van der Waals surface area contributed by atoms with Crippen LogP contribution in [0.1, 0.15) is 30.0 Å². The van der Waals surface area contributed by atoms with Crippen LogP contribution in [-0.4, -0.2) is 32.4 Å². The highest BCUT2D eigenvalue weighted by atomic mass is 16.1. The van der Waals surface area contributed by atoms with Crippen LogP contribution in [-0.2, 0) is 13.5 Å². The molecule has 0 aliphatic rings. The summed E-state index contributed by atoms with van der Waals surface area (Å²) >= 11 is 0. The molecule has 0 saturated heterocycles. The molecule has 0 aliphatic carbocycles. The summed E-state index contributed by atoms with van der Waals surface area (Å²) in [5.74, 6) is 0.364. The summed E-state index contributed by atoms with van der Waals surface area (Å²) in [4.78, 5) is 11.6. The lowest BCUT2D eigenvalue weighted by Gasteiger charge is -2.05. The molecule has 20 heavy (non-hydrogen) atoms. The number of hydrogen-bond donors (Lipinski definition) is 2. The highest BCUT2D eigenvalue weighted by Gasteiger charge is 2.09. The molecule has 0 radical (unpaired) electrons. The van der Waals surface area contributed by atoms with Crippen molar-refractivity contribution in [1.29, 1.82) is 0 Å². The fourth-order valence-corrected chi connectivity index (χ4v) is 1.81. The molecule has 2 rings (SSSR count). The molecule has 2 aromatic rings. The molecule has 0 atom stereocenters. The first-order valence-corrected chi connectivity index (χ1v) is 6.55. The fourth-order valence-electron chi connectivity index (χ4n) is 1.81. The van der Waals surface area contributed by atoms with Crippen molar-refractivity contribution in [3.05, 3.63) is 29.7 Å². The number of rotatable bonds is 5. The Bertz CT molecular complexity index is 589. The summed E-state index contributed by atoms with van der Waals surface area (Å²) in [5, 5.41) is 18.1. The van der Waals surface area contributed by atoms with E-state index in [4.69, 9.17) is 0 Å². The maximum Gasteiger partial charge on any atom is 0.271 e. The Kier molecular flexibility index (Phi) is 4.29. The summed E-state index contributed by atoms with van der Waals surface area (Å²) in [6, 6.07) is 3.37. The molecule has 0 aliphatic heterocycles. The third kappa shape index (κ3) is 3.11. The second-order valence-corrected chi connectivity index (χ2v) is 4.30. The second kappa shape index (κ2) is 6.14. The molecule has 2 heterocycles. The summed E-state index contributed by atoms with van der Waals surface area (Å²) in [6.07, 6.45) is 2.71. The van der Waals surface area contributed by atoms with E-state index in [-0.39, 0.29) is 5.91 Å². The van der Waals surface area contributed by atoms with Crippen LogP contribution in [0.5, 0.6) is 0 Å². The van der Waals surface area contributed by atoms with Crippen molar-refractivity contribution < 1.29 is 4.79 Å². The average Bonchev–Trinajstić information content (AvgIpc) is 2.80. The second-order valence-electron chi connectivity index (χ2n) is 4.30. The largest absolute Gasteiger partial charge is 0.351 e. The van der Waals surface area contributed by atoms with Gasteiger partial charge in [-0.25, -0.2) is 0 Å². The van der Waals surface area contributed by atoms with Gasteiger partial charge in [-0.3, -0.25) is 9.48 Å². The van der Waals surface area contributed by atoms with E-state index in [1.807, 2.05) is 27.1 Å². The summed E-state index contributed by atoms with van der Waals surface area (Å²) in [7, 11) is 1.87. The van der Waals surface area contributed by atoms with Gasteiger partial charge in [0.25, 0.3) is 5.91 Å². The van der Waals surface area contributed by atoms with Gasteiger partial charge < -0.3 is 10.6 Å². The number of aromatic nitrogens is 4. The van der Waals surface area contributed by atoms with Crippen molar-refractivity contribution in [2.45, 2.75) is 20.3 Å². The van der Waals surface area contributed by atoms with Crippen LogP contribution in [0.4, 0.5) is 11.5 Å². The lowest BCUT2D eigenvalue weighted by atomic mass is 10.3. The number of hydrogen-bond acceptors (Lipinski definition) is 5. The van der Waals surface area contributed by atoms with E-state index in [9.17, 15) is 4.79 Å². The molecule has 0 fully saturated rings. The van der Waals surface area contributed by atoms with Gasteiger partial charge in [-0.15, -0.1) is 10.2 Å². The van der Waals surface area contributed by atoms with E-state index in [0.29, 0.717) is 18.1 Å². The van der Waals surface area contributed by atoms with Gasteiger partial charge in [0, 0.05) is 19.8 Å². The Balaban J connectivity index is 2.12. The van der Waals surface area contributed by atoms with Gasteiger partial charge in [0.1, 0.15) is 0 Å². The standard InChI is InChI=1S/C13H18N6O/c1-4-9-11(8-19(3)18-9)15-12-7-6-10(16-17-12)13(20)14-5-2/h6-8H,4-5H2,1-3H3,(H,14,20)(H,15,17). The number of carbonyl (C=O) groups is 1. The highest BCUT2D eigenvalue weighted by molar-refractivity contribution is 5.92. The predicted molar refractivity (Wildman–Crippen MR) is 75.9 cm³/mol. The highest BCUT2D eigenvalue weighted by Crippen LogP contribution is 2.18. The van der Waals surface area contributed by atoms with Crippen molar-refractivity contribution in [1.82, 2.24) is 25.3 Å². The van der Waals surface area contributed by atoms with E-state index < -0.39 is 0 Å². The van der Waals surface area contributed by atoms with Crippen molar-refractivity contribution in [3.63, 3.8) is 0 Å². The fraction of sp³-hybridized carbons (Fsp3) is 0.385. The van der Waals surface area contributed by atoms with E-state index in [2.05, 4.69) is 25.9 Å². The molecule has 0 spiro atoms.